The summed E-state index contributed by atoms with van der Waals surface area (Å²) in [5.41, 5.74) is 6.38. The monoisotopic (exact) mass is 254 g/mol. The molecule has 106 valence electrons. The molecule has 0 saturated carbocycles. The maximum Gasteiger partial charge on any atom is 0.240 e. The standard InChI is InChI=1S/C15H30N2O/c1-6-15(7-2)8-10-17(11-9-15)13(18)12(16)14(3,4)5/h12H,6-11,16H2,1-5H3/t12-/m0/s1. The van der Waals surface area contributed by atoms with Gasteiger partial charge in [-0.25, -0.2) is 0 Å². The zero-order valence-electron chi connectivity index (χ0n) is 12.8. The fourth-order valence-corrected chi connectivity index (χ4v) is 2.73. The maximum atomic E-state index is 12.3. The van der Waals surface area contributed by atoms with Gasteiger partial charge in [0.05, 0.1) is 6.04 Å². The molecular formula is C15H30N2O. The number of likely N-dealkylation sites (tertiary alicyclic amines) is 1. The van der Waals surface area contributed by atoms with Gasteiger partial charge in [0.25, 0.3) is 0 Å². The molecule has 1 saturated heterocycles. The Bertz CT molecular complexity index is 279. The van der Waals surface area contributed by atoms with Crippen LogP contribution >= 0.6 is 0 Å². The number of nitrogens with two attached hydrogens (primary N) is 1. The SMILES string of the molecule is CCC1(CC)CCN(C(=O)[C@H](N)C(C)(C)C)CC1. The van der Waals surface area contributed by atoms with Crippen molar-refractivity contribution in [2.24, 2.45) is 16.6 Å². The zero-order chi connectivity index (χ0) is 14.0. The predicted octanol–water partition coefficient (Wildman–Crippen LogP) is 2.79. The first-order chi connectivity index (χ1) is 8.25. The Kier molecular flexibility index (Phi) is 4.82. The van der Waals surface area contributed by atoms with Crippen LogP contribution in [0.4, 0.5) is 0 Å². The molecule has 1 rings (SSSR count). The zero-order valence-corrected chi connectivity index (χ0v) is 12.8. The van der Waals surface area contributed by atoms with Crippen molar-refractivity contribution in [3.63, 3.8) is 0 Å². The van der Waals surface area contributed by atoms with Gasteiger partial charge in [-0.15, -0.1) is 0 Å². The largest absolute Gasteiger partial charge is 0.341 e. The smallest absolute Gasteiger partial charge is 0.240 e. The van der Waals surface area contributed by atoms with Gasteiger partial charge in [-0.1, -0.05) is 47.5 Å². The number of hydrogen-bond donors (Lipinski definition) is 1. The van der Waals surface area contributed by atoms with Crippen molar-refractivity contribution < 1.29 is 4.79 Å². The van der Waals surface area contributed by atoms with Gasteiger partial charge in [0.2, 0.25) is 5.91 Å². The first-order valence-electron chi connectivity index (χ1n) is 7.30. The van der Waals surface area contributed by atoms with Crippen molar-refractivity contribution in [2.45, 2.75) is 66.3 Å². The third-order valence-corrected chi connectivity index (χ3v) is 4.83. The summed E-state index contributed by atoms with van der Waals surface area (Å²) in [6.07, 6.45) is 4.69. The third-order valence-electron chi connectivity index (χ3n) is 4.83. The molecule has 1 heterocycles. The van der Waals surface area contributed by atoms with Gasteiger partial charge in [0, 0.05) is 13.1 Å². The topological polar surface area (TPSA) is 46.3 Å². The fourth-order valence-electron chi connectivity index (χ4n) is 2.73. The molecule has 0 aromatic carbocycles. The molecule has 0 bridgehead atoms. The molecule has 1 atom stereocenters. The maximum absolute atomic E-state index is 12.3. The van der Waals surface area contributed by atoms with Crippen LogP contribution in [0, 0.1) is 10.8 Å². The second-order valence-corrected chi connectivity index (χ2v) is 6.88. The average molecular weight is 254 g/mol. The molecule has 18 heavy (non-hydrogen) atoms. The van der Waals surface area contributed by atoms with Crippen LogP contribution in [0.2, 0.25) is 0 Å². The Balaban J connectivity index is 2.61. The molecule has 1 amide bonds. The highest BCUT2D eigenvalue weighted by Gasteiger charge is 2.36. The third kappa shape index (κ3) is 3.25. The quantitative estimate of drug-likeness (QED) is 0.842. The van der Waals surface area contributed by atoms with E-state index in [4.69, 9.17) is 5.73 Å². The van der Waals surface area contributed by atoms with Gasteiger partial charge in [0.1, 0.15) is 0 Å². The van der Waals surface area contributed by atoms with Gasteiger partial charge in [0.15, 0.2) is 0 Å². The van der Waals surface area contributed by atoms with Crippen molar-refractivity contribution >= 4 is 5.91 Å². The molecule has 2 N–H and O–H groups in total. The van der Waals surface area contributed by atoms with Crippen molar-refractivity contribution in [1.29, 1.82) is 0 Å². The van der Waals surface area contributed by atoms with Crippen LogP contribution in [0.15, 0.2) is 0 Å². The van der Waals surface area contributed by atoms with E-state index < -0.39 is 0 Å². The van der Waals surface area contributed by atoms with Gasteiger partial charge < -0.3 is 10.6 Å². The number of hydrogen-bond acceptors (Lipinski definition) is 2. The number of amides is 1. The first kappa shape index (κ1) is 15.5. The lowest BCUT2D eigenvalue weighted by molar-refractivity contribution is -0.137. The van der Waals surface area contributed by atoms with E-state index in [1.165, 1.54) is 12.8 Å². The second kappa shape index (κ2) is 5.60. The van der Waals surface area contributed by atoms with E-state index in [2.05, 4.69) is 13.8 Å². The summed E-state index contributed by atoms with van der Waals surface area (Å²) in [4.78, 5) is 14.3. The summed E-state index contributed by atoms with van der Waals surface area (Å²) >= 11 is 0. The second-order valence-electron chi connectivity index (χ2n) is 6.88. The lowest BCUT2D eigenvalue weighted by Crippen LogP contribution is -2.53. The van der Waals surface area contributed by atoms with Gasteiger partial charge in [-0.05, 0) is 23.7 Å². The minimum Gasteiger partial charge on any atom is -0.341 e. The van der Waals surface area contributed by atoms with E-state index in [-0.39, 0.29) is 17.4 Å². The molecule has 3 heteroatoms. The van der Waals surface area contributed by atoms with Crippen molar-refractivity contribution in [3.8, 4) is 0 Å². The highest BCUT2D eigenvalue weighted by atomic mass is 16.2. The minimum absolute atomic E-state index is 0.128. The van der Waals surface area contributed by atoms with Crippen LogP contribution in [0.1, 0.15) is 60.3 Å². The molecule has 1 aliphatic rings. The van der Waals surface area contributed by atoms with Crippen molar-refractivity contribution in [3.05, 3.63) is 0 Å². The Morgan fingerprint density at radius 2 is 1.67 bits per heavy atom. The minimum atomic E-state index is -0.381. The van der Waals surface area contributed by atoms with E-state index in [1.54, 1.807) is 0 Å². The van der Waals surface area contributed by atoms with E-state index in [9.17, 15) is 4.79 Å². The Labute approximate surface area is 112 Å². The van der Waals surface area contributed by atoms with Crippen LogP contribution in [0.5, 0.6) is 0 Å². The Morgan fingerprint density at radius 1 is 1.22 bits per heavy atom. The average Bonchev–Trinajstić information content (AvgIpc) is 2.36. The normalized spacial score (nSPS) is 21.8. The predicted molar refractivity (Wildman–Crippen MR) is 76.3 cm³/mol. The molecular weight excluding hydrogens is 224 g/mol. The van der Waals surface area contributed by atoms with Crippen LogP contribution in [-0.4, -0.2) is 29.9 Å². The van der Waals surface area contributed by atoms with E-state index in [0.29, 0.717) is 5.41 Å². The molecule has 0 aliphatic carbocycles. The molecule has 1 fully saturated rings. The summed E-state index contributed by atoms with van der Waals surface area (Å²) in [6, 6.07) is -0.381. The Morgan fingerprint density at radius 3 is 2.00 bits per heavy atom. The highest BCUT2D eigenvalue weighted by Crippen LogP contribution is 2.38. The summed E-state index contributed by atoms with van der Waals surface area (Å²) in [5, 5.41) is 0. The van der Waals surface area contributed by atoms with Gasteiger partial charge >= 0.3 is 0 Å². The van der Waals surface area contributed by atoms with Crippen molar-refractivity contribution in [1.82, 2.24) is 4.90 Å². The van der Waals surface area contributed by atoms with Crippen LogP contribution in [-0.2, 0) is 4.79 Å². The lowest BCUT2D eigenvalue weighted by Gasteiger charge is -2.42. The van der Waals surface area contributed by atoms with Crippen LogP contribution in [0.25, 0.3) is 0 Å². The van der Waals surface area contributed by atoms with Gasteiger partial charge in [-0.3, -0.25) is 4.79 Å². The molecule has 0 aromatic heterocycles. The summed E-state index contributed by atoms with van der Waals surface area (Å²) in [5.74, 6) is 0.128. The van der Waals surface area contributed by atoms with E-state index in [0.717, 1.165) is 25.9 Å². The van der Waals surface area contributed by atoms with Crippen molar-refractivity contribution in [2.75, 3.05) is 13.1 Å². The Hall–Kier alpha value is -0.570. The molecule has 3 nitrogen and oxygen atoms in total. The van der Waals surface area contributed by atoms with Crippen LogP contribution in [0.3, 0.4) is 0 Å². The molecule has 0 radical (unpaired) electrons. The highest BCUT2D eigenvalue weighted by molar-refractivity contribution is 5.82. The summed E-state index contributed by atoms with van der Waals surface area (Å²) in [7, 11) is 0. The fraction of sp³-hybridized carbons (Fsp3) is 0.933. The number of carbonyl (C=O) groups is 1. The lowest BCUT2D eigenvalue weighted by atomic mass is 9.74. The summed E-state index contributed by atoms with van der Waals surface area (Å²) in [6.45, 7) is 12.4. The van der Waals surface area contributed by atoms with Gasteiger partial charge in [-0.2, -0.15) is 0 Å². The van der Waals surface area contributed by atoms with E-state index >= 15 is 0 Å². The number of piperidine rings is 1. The number of carbonyl (C=O) groups excluding carboxylic acids is 1. The molecule has 0 aromatic rings. The van der Waals surface area contributed by atoms with Crippen LogP contribution < -0.4 is 5.73 Å². The first-order valence-corrected chi connectivity index (χ1v) is 7.30. The molecule has 0 spiro atoms. The van der Waals surface area contributed by atoms with E-state index in [1.807, 2.05) is 25.7 Å². The summed E-state index contributed by atoms with van der Waals surface area (Å²) < 4.78 is 0. The molecule has 1 aliphatic heterocycles. The number of nitrogens with zero attached hydrogens (tertiary/aromatic N) is 1. The number of rotatable bonds is 3. The molecule has 0 unspecified atom stereocenters.